The number of ether oxygens (including phenoxy) is 1. The number of rotatable bonds is 4. The number of fused-ring (bicyclic) bond motifs is 2. The molecule has 4 heterocycles. The van der Waals surface area contributed by atoms with Crippen LogP contribution in [0.3, 0.4) is 0 Å². The van der Waals surface area contributed by atoms with E-state index in [2.05, 4.69) is 39.9 Å². The molecule has 2 aliphatic heterocycles. The molecule has 0 spiro atoms. The summed E-state index contributed by atoms with van der Waals surface area (Å²) in [6.07, 6.45) is 5.77. The van der Waals surface area contributed by atoms with Crippen LogP contribution in [-0.2, 0) is 28.2 Å². The molecule has 5 rings (SSSR count). The van der Waals surface area contributed by atoms with E-state index < -0.39 is 15.3 Å². The van der Waals surface area contributed by atoms with Crippen LogP contribution in [0.15, 0.2) is 36.7 Å². The lowest BCUT2D eigenvalue weighted by Gasteiger charge is -2.23. The van der Waals surface area contributed by atoms with Crippen LogP contribution in [-0.4, -0.2) is 50.0 Å². The maximum absolute atomic E-state index is 13.0. The summed E-state index contributed by atoms with van der Waals surface area (Å²) in [4.78, 5) is 6.78. The molecule has 7 nitrogen and oxygen atoms in total. The fourth-order valence-corrected chi connectivity index (χ4v) is 5.99. The smallest absolute Gasteiger partial charge is 0.235 e. The Labute approximate surface area is 176 Å². The van der Waals surface area contributed by atoms with Crippen molar-refractivity contribution in [3.8, 4) is 11.1 Å². The molecule has 0 saturated carbocycles. The number of benzene rings is 1. The predicted molar refractivity (Wildman–Crippen MR) is 120 cm³/mol. The van der Waals surface area contributed by atoms with Gasteiger partial charge in [-0.2, -0.15) is 0 Å². The third-order valence-corrected chi connectivity index (χ3v) is 8.09. The number of hydrogen-bond acceptors (Lipinski definition) is 5. The number of hydrogen-bond donors (Lipinski definition) is 1. The Hall–Kier alpha value is -2.58. The number of nitrogens with one attached hydrogen (secondary N) is 1. The molecule has 1 N–H and O–H groups in total. The van der Waals surface area contributed by atoms with Crippen molar-refractivity contribution >= 4 is 32.4 Å². The lowest BCUT2D eigenvalue weighted by molar-refractivity contribution is 0.0984. The first-order valence-electron chi connectivity index (χ1n) is 10.3. The van der Waals surface area contributed by atoms with Gasteiger partial charge in [0.25, 0.3) is 0 Å². The van der Waals surface area contributed by atoms with E-state index in [4.69, 9.17) is 4.74 Å². The first-order valence-corrected chi connectivity index (χ1v) is 11.9. The van der Waals surface area contributed by atoms with Gasteiger partial charge >= 0.3 is 0 Å². The molecule has 3 aromatic rings. The predicted octanol–water partition coefficient (Wildman–Crippen LogP) is 3.15. The zero-order valence-electron chi connectivity index (χ0n) is 17.3. The Kier molecular flexibility index (Phi) is 4.71. The average Bonchev–Trinajstić information content (AvgIpc) is 3.29. The second-order valence-electron chi connectivity index (χ2n) is 8.18. The fraction of sp³-hybridized carbons (Fsp3) is 0.409. The monoisotopic (exact) mass is 426 g/mol. The molecular formula is C22H26N4O3S. The summed E-state index contributed by atoms with van der Waals surface area (Å²) in [5.74, 6) is 0. The zero-order valence-corrected chi connectivity index (χ0v) is 18.1. The quantitative estimate of drug-likeness (QED) is 0.694. The number of pyridine rings is 1. The van der Waals surface area contributed by atoms with E-state index >= 15 is 0 Å². The van der Waals surface area contributed by atoms with Crippen LogP contribution in [0, 0.1) is 0 Å². The molecule has 2 aliphatic rings. The minimum atomic E-state index is -3.51. The van der Waals surface area contributed by atoms with E-state index in [0.29, 0.717) is 31.7 Å². The lowest BCUT2D eigenvalue weighted by Crippen LogP contribution is -2.33. The summed E-state index contributed by atoms with van der Waals surface area (Å²) in [6, 6.07) is 8.24. The molecule has 0 bridgehead atoms. The fourth-order valence-electron chi connectivity index (χ4n) is 4.54. The van der Waals surface area contributed by atoms with Crippen molar-refractivity contribution in [2.75, 3.05) is 36.4 Å². The molecule has 158 valence electrons. The number of aryl methyl sites for hydroxylation is 1. The molecular weight excluding hydrogens is 400 g/mol. The highest BCUT2D eigenvalue weighted by molar-refractivity contribution is 7.93. The van der Waals surface area contributed by atoms with Crippen LogP contribution in [0.2, 0.25) is 0 Å². The summed E-state index contributed by atoms with van der Waals surface area (Å²) in [7, 11) is 0.533. The third kappa shape index (κ3) is 3.24. The summed E-state index contributed by atoms with van der Waals surface area (Å²) in [5.41, 5.74) is 5.96. The molecule has 1 aromatic carbocycles. The SMILES string of the molecule is CN1CCc2ccc(-c3cn(C)c4nccc(NS(=O)(=O)C5CCOCC5)c34)cc21. The van der Waals surface area contributed by atoms with Gasteiger partial charge in [0.05, 0.1) is 16.3 Å². The van der Waals surface area contributed by atoms with Crippen molar-refractivity contribution in [1.82, 2.24) is 9.55 Å². The van der Waals surface area contributed by atoms with Gasteiger partial charge in [-0.05, 0) is 42.5 Å². The van der Waals surface area contributed by atoms with Crippen LogP contribution in [0.1, 0.15) is 18.4 Å². The molecule has 0 radical (unpaired) electrons. The second-order valence-corrected chi connectivity index (χ2v) is 10.1. The molecule has 0 amide bonds. The van der Waals surface area contributed by atoms with Crippen molar-refractivity contribution in [1.29, 1.82) is 0 Å². The van der Waals surface area contributed by atoms with E-state index in [1.165, 1.54) is 11.3 Å². The summed E-state index contributed by atoms with van der Waals surface area (Å²) >= 11 is 0. The van der Waals surface area contributed by atoms with Crippen molar-refractivity contribution in [2.24, 2.45) is 7.05 Å². The topological polar surface area (TPSA) is 76.5 Å². The Morgan fingerprint density at radius 1 is 1.17 bits per heavy atom. The van der Waals surface area contributed by atoms with Gasteiger partial charge in [0.1, 0.15) is 5.65 Å². The van der Waals surface area contributed by atoms with Crippen LogP contribution in [0.25, 0.3) is 22.2 Å². The molecule has 0 unspecified atom stereocenters. The van der Waals surface area contributed by atoms with Gasteiger partial charge in [0, 0.05) is 57.5 Å². The molecule has 0 aliphatic carbocycles. The van der Waals surface area contributed by atoms with Gasteiger partial charge in [0.15, 0.2) is 0 Å². The van der Waals surface area contributed by atoms with Gasteiger partial charge in [0.2, 0.25) is 10.0 Å². The number of likely N-dealkylation sites (N-methyl/N-ethyl adjacent to an activating group) is 1. The highest BCUT2D eigenvalue weighted by Gasteiger charge is 2.29. The molecule has 1 saturated heterocycles. The molecule has 8 heteroatoms. The highest BCUT2D eigenvalue weighted by atomic mass is 32.2. The molecule has 0 atom stereocenters. The number of sulfonamides is 1. The van der Waals surface area contributed by atoms with Crippen LogP contribution >= 0.6 is 0 Å². The van der Waals surface area contributed by atoms with Crippen molar-refractivity contribution in [3.05, 3.63) is 42.2 Å². The Morgan fingerprint density at radius 3 is 2.77 bits per heavy atom. The summed E-state index contributed by atoms with van der Waals surface area (Å²) in [5, 5.41) is 0.395. The standard InChI is InChI=1S/C22H26N4O3S/c1-25-10-6-15-3-4-16(13-20(15)25)18-14-26(2)22-21(18)19(5-9-23-22)24-30(27,28)17-7-11-29-12-8-17/h3-5,9,13-14,17H,6-8,10-12H2,1-2H3,(H,23,24). The van der Waals surface area contributed by atoms with Crippen LogP contribution in [0.5, 0.6) is 0 Å². The number of aromatic nitrogens is 2. The number of anilines is 2. The normalized spacial score (nSPS) is 17.5. The largest absolute Gasteiger partial charge is 0.381 e. The first-order chi connectivity index (χ1) is 14.4. The van der Waals surface area contributed by atoms with E-state index in [9.17, 15) is 8.42 Å². The summed E-state index contributed by atoms with van der Waals surface area (Å²) in [6.45, 7) is 1.99. The average molecular weight is 427 g/mol. The maximum Gasteiger partial charge on any atom is 0.235 e. The highest BCUT2D eigenvalue weighted by Crippen LogP contribution is 2.38. The van der Waals surface area contributed by atoms with E-state index in [1.54, 1.807) is 12.3 Å². The number of nitrogens with zero attached hydrogens (tertiary/aromatic N) is 3. The zero-order chi connectivity index (χ0) is 20.9. The molecule has 30 heavy (non-hydrogen) atoms. The van der Waals surface area contributed by atoms with Crippen molar-refractivity contribution in [3.63, 3.8) is 0 Å². The Bertz CT molecular complexity index is 1210. The van der Waals surface area contributed by atoms with Gasteiger partial charge in [-0.3, -0.25) is 4.72 Å². The van der Waals surface area contributed by atoms with E-state index in [0.717, 1.165) is 35.1 Å². The molecule has 2 aromatic heterocycles. The van der Waals surface area contributed by atoms with E-state index in [1.807, 2.05) is 17.8 Å². The minimum Gasteiger partial charge on any atom is -0.381 e. The van der Waals surface area contributed by atoms with E-state index in [-0.39, 0.29) is 0 Å². The first kappa shape index (κ1) is 19.4. The van der Waals surface area contributed by atoms with Gasteiger partial charge in [-0.1, -0.05) is 12.1 Å². The van der Waals surface area contributed by atoms with Gasteiger partial charge in [-0.25, -0.2) is 13.4 Å². The third-order valence-electron chi connectivity index (χ3n) is 6.24. The van der Waals surface area contributed by atoms with Crippen molar-refractivity contribution < 1.29 is 13.2 Å². The Morgan fingerprint density at radius 2 is 1.97 bits per heavy atom. The van der Waals surface area contributed by atoms with Gasteiger partial charge < -0.3 is 14.2 Å². The van der Waals surface area contributed by atoms with Gasteiger partial charge in [-0.15, -0.1) is 0 Å². The summed E-state index contributed by atoms with van der Waals surface area (Å²) < 4.78 is 36.3. The van der Waals surface area contributed by atoms with Crippen LogP contribution < -0.4 is 9.62 Å². The van der Waals surface area contributed by atoms with Crippen molar-refractivity contribution in [2.45, 2.75) is 24.5 Å². The Balaban J connectivity index is 1.60. The second kappa shape index (κ2) is 7.28. The maximum atomic E-state index is 13.0. The lowest BCUT2D eigenvalue weighted by atomic mass is 10.0. The minimum absolute atomic E-state index is 0.435. The molecule has 1 fully saturated rings. The van der Waals surface area contributed by atoms with Crippen LogP contribution in [0.4, 0.5) is 11.4 Å².